The van der Waals surface area contributed by atoms with E-state index in [1.807, 2.05) is 52.0 Å². The number of fused-ring (bicyclic) bond motifs is 2. The molecule has 1 spiro atoms. The number of hydrogen-bond donors (Lipinski definition) is 1. The van der Waals surface area contributed by atoms with Gasteiger partial charge in [-0.2, -0.15) is 0 Å². The highest BCUT2D eigenvalue weighted by Gasteiger charge is 2.74. The number of rotatable bonds is 6. The monoisotopic (exact) mass is 474 g/mol. The Hall–Kier alpha value is -2.19. The Morgan fingerprint density at radius 3 is 2.47 bits per heavy atom. The molecule has 1 N–H and O–H groups in total. The summed E-state index contributed by atoms with van der Waals surface area (Å²) < 4.78 is 12.2. The number of ether oxygens (including phenoxy) is 2. The third-order valence-electron chi connectivity index (χ3n) is 7.64. The molecule has 188 valence electrons. The van der Waals surface area contributed by atoms with Gasteiger partial charge in [0.15, 0.2) is 0 Å². The van der Waals surface area contributed by atoms with Crippen LogP contribution in [0.15, 0.2) is 24.3 Å². The number of carbonyl (C=O) groups is 3. The van der Waals surface area contributed by atoms with Gasteiger partial charge in [0, 0.05) is 25.2 Å². The molecule has 5 atom stereocenters. The first-order valence-electron chi connectivity index (χ1n) is 12.5. The highest BCUT2D eigenvalue weighted by atomic mass is 16.6. The van der Waals surface area contributed by atoms with Crippen LogP contribution in [0.2, 0.25) is 0 Å². The molecule has 0 bridgehead atoms. The van der Waals surface area contributed by atoms with Crippen molar-refractivity contribution < 1.29 is 29.0 Å². The molecule has 8 heteroatoms. The van der Waals surface area contributed by atoms with Crippen LogP contribution in [-0.4, -0.2) is 81.8 Å². The normalized spacial score (nSPS) is 35.4. The lowest BCUT2D eigenvalue weighted by Crippen LogP contribution is -2.59. The summed E-state index contributed by atoms with van der Waals surface area (Å²) in [7, 11) is 0. The summed E-state index contributed by atoms with van der Waals surface area (Å²) in [6.07, 6.45) is 11.3. The number of unbranched alkanes of at least 4 members (excludes halogenated alkanes) is 3. The van der Waals surface area contributed by atoms with Gasteiger partial charge in [0.05, 0.1) is 18.1 Å². The van der Waals surface area contributed by atoms with E-state index in [0.717, 1.165) is 12.8 Å². The standard InChI is InChI=1S/C26H38N2O6/c1-24(2,3)28-15-11-13-26-18(19-23(32)33-17-10-7-12-25(19,4)34-26)21(30)27(20(26)22(28)31)14-8-5-6-9-16-29/h7,11-13,18-20,29H,5-6,8-10,14-17H2,1-4H3/t18-,19-,20?,25+,26-/m0/s1. The number of amides is 2. The van der Waals surface area contributed by atoms with E-state index in [1.165, 1.54) is 0 Å². The Kier molecular flexibility index (Phi) is 6.68. The van der Waals surface area contributed by atoms with Crippen molar-refractivity contribution in [3.8, 4) is 0 Å². The van der Waals surface area contributed by atoms with Crippen LogP contribution in [-0.2, 0) is 23.9 Å². The Morgan fingerprint density at radius 2 is 1.76 bits per heavy atom. The minimum absolute atomic E-state index is 0.143. The van der Waals surface area contributed by atoms with Crippen molar-refractivity contribution in [1.82, 2.24) is 9.80 Å². The zero-order valence-electron chi connectivity index (χ0n) is 20.8. The van der Waals surface area contributed by atoms with Crippen LogP contribution in [0, 0.1) is 11.8 Å². The molecule has 4 heterocycles. The Bertz CT molecular complexity index is 892. The third kappa shape index (κ3) is 3.98. The average molecular weight is 475 g/mol. The molecule has 2 saturated heterocycles. The van der Waals surface area contributed by atoms with E-state index in [-0.39, 0.29) is 25.0 Å². The van der Waals surface area contributed by atoms with Crippen molar-refractivity contribution in [3.05, 3.63) is 24.3 Å². The molecule has 2 amide bonds. The zero-order chi connectivity index (χ0) is 24.7. The number of esters is 1. The van der Waals surface area contributed by atoms with E-state index in [4.69, 9.17) is 14.6 Å². The van der Waals surface area contributed by atoms with Crippen molar-refractivity contribution in [1.29, 1.82) is 0 Å². The van der Waals surface area contributed by atoms with Crippen LogP contribution < -0.4 is 0 Å². The zero-order valence-corrected chi connectivity index (χ0v) is 20.8. The summed E-state index contributed by atoms with van der Waals surface area (Å²) in [5.41, 5.74) is -2.71. The second kappa shape index (κ2) is 9.11. The predicted molar refractivity (Wildman–Crippen MR) is 126 cm³/mol. The quantitative estimate of drug-likeness (QED) is 0.360. The van der Waals surface area contributed by atoms with E-state index >= 15 is 0 Å². The number of aliphatic hydroxyl groups is 1. The molecule has 0 aromatic rings. The van der Waals surface area contributed by atoms with Crippen LogP contribution in [0.5, 0.6) is 0 Å². The Labute approximate surface area is 201 Å². The molecule has 0 aromatic heterocycles. The molecule has 0 aromatic carbocycles. The van der Waals surface area contributed by atoms with Gasteiger partial charge >= 0.3 is 5.97 Å². The second-order valence-electron chi connectivity index (χ2n) is 11.0. The first kappa shape index (κ1) is 24.9. The molecule has 4 aliphatic heterocycles. The van der Waals surface area contributed by atoms with Crippen LogP contribution in [0.1, 0.15) is 59.8 Å². The van der Waals surface area contributed by atoms with Crippen molar-refractivity contribution in [2.24, 2.45) is 11.8 Å². The SMILES string of the molecule is CC(C)(C)N1CC=C[C@]23O[C@]4(C)C=CCCOC(=O)[C@@H]4[C@H]2C(=O)N(CCCCCCO)C3C1=O. The number of likely N-dealkylation sites (tertiary alicyclic amines) is 1. The van der Waals surface area contributed by atoms with Crippen LogP contribution in [0.3, 0.4) is 0 Å². The molecular weight excluding hydrogens is 436 g/mol. The number of aliphatic hydroxyl groups excluding tert-OH is 1. The molecule has 0 saturated carbocycles. The summed E-state index contributed by atoms with van der Waals surface area (Å²) in [6, 6.07) is -0.841. The van der Waals surface area contributed by atoms with Crippen molar-refractivity contribution in [2.45, 2.75) is 82.6 Å². The fourth-order valence-corrected chi connectivity index (χ4v) is 6.08. The van der Waals surface area contributed by atoms with Gasteiger partial charge in [0.1, 0.15) is 17.6 Å². The lowest BCUT2D eigenvalue weighted by Gasteiger charge is -2.41. The van der Waals surface area contributed by atoms with Crippen molar-refractivity contribution >= 4 is 17.8 Å². The topological polar surface area (TPSA) is 96.4 Å². The summed E-state index contributed by atoms with van der Waals surface area (Å²) in [6.45, 7) is 8.99. The second-order valence-corrected chi connectivity index (χ2v) is 11.0. The Morgan fingerprint density at radius 1 is 1.03 bits per heavy atom. The van der Waals surface area contributed by atoms with Gasteiger partial charge in [-0.15, -0.1) is 0 Å². The summed E-state index contributed by atoms with van der Waals surface area (Å²) in [4.78, 5) is 44.7. The van der Waals surface area contributed by atoms with Crippen LogP contribution in [0.4, 0.5) is 0 Å². The predicted octanol–water partition coefficient (Wildman–Crippen LogP) is 2.21. The fourth-order valence-electron chi connectivity index (χ4n) is 6.08. The summed E-state index contributed by atoms with van der Waals surface area (Å²) >= 11 is 0. The first-order valence-corrected chi connectivity index (χ1v) is 12.5. The van der Waals surface area contributed by atoms with Gasteiger partial charge in [0.2, 0.25) is 11.8 Å². The highest BCUT2D eigenvalue weighted by molar-refractivity contribution is 5.99. The number of carbonyl (C=O) groups excluding carboxylic acids is 3. The molecule has 2 fully saturated rings. The van der Waals surface area contributed by atoms with Gasteiger partial charge in [-0.05, 0) is 47.0 Å². The van der Waals surface area contributed by atoms with Gasteiger partial charge in [0.25, 0.3) is 0 Å². The first-order chi connectivity index (χ1) is 16.1. The largest absolute Gasteiger partial charge is 0.465 e. The highest BCUT2D eigenvalue weighted by Crippen LogP contribution is 2.57. The maximum absolute atomic E-state index is 14.1. The van der Waals surface area contributed by atoms with E-state index in [2.05, 4.69) is 0 Å². The van der Waals surface area contributed by atoms with Crippen molar-refractivity contribution in [2.75, 3.05) is 26.3 Å². The fraction of sp³-hybridized carbons (Fsp3) is 0.731. The summed E-state index contributed by atoms with van der Waals surface area (Å²) in [5, 5.41) is 9.07. The van der Waals surface area contributed by atoms with E-state index in [1.54, 1.807) is 9.80 Å². The maximum atomic E-state index is 14.1. The van der Waals surface area contributed by atoms with Crippen LogP contribution >= 0.6 is 0 Å². The smallest absolute Gasteiger partial charge is 0.313 e. The van der Waals surface area contributed by atoms with Crippen LogP contribution in [0.25, 0.3) is 0 Å². The van der Waals surface area contributed by atoms with Gasteiger partial charge < -0.3 is 24.4 Å². The summed E-state index contributed by atoms with van der Waals surface area (Å²) in [5.74, 6) is -2.46. The maximum Gasteiger partial charge on any atom is 0.313 e. The minimum atomic E-state index is -1.23. The number of hydrogen-bond acceptors (Lipinski definition) is 6. The molecule has 4 rings (SSSR count). The minimum Gasteiger partial charge on any atom is -0.465 e. The molecular formula is C26H38N2O6. The number of cyclic esters (lactones) is 1. The van der Waals surface area contributed by atoms with E-state index in [9.17, 15) is 14.4 Å². The van der Waals surface area contributed by atoms with E-state index < -0.39 is 40.6 Å². The third-order valence-corrected chi connectivity index (χ3v) is 7.64. The Balaban J connectivity index is 1.77. The molecule has 8 nitrogen and oxygen atoms in total. The lowest BCUT2D eigenvalue weighted by molar-refractivity contribution is -0.161. The molecule has 1 unspecified atom stereocenters. The van der Waals surface area contributed by atoms with E-state index in [0.29, 0.717) is 32.4 Å². The molecule has 34 heavy (non-hydrogen) atoms. The number of nitrogens with zero attached hydrogens (tertiary/aromatic N) is 2. The average Bonchev–Trinajstić information content (AvgIpc) is 3.06. The molecule has 4 aliphatic rings. The van der Waals surface area contributed by atoms with Gasteiger partial charge in [-0.3, -0.25) is 14.4 Å². The lowest BCUT2D eigenvalue weighted by atomic mass is 9.74. The van der Waals surface area contributed by atoms with Gasteiger partial charge in [-0.25, -0.2) is 0 Å². The van der Waals surface area contributed by atoms with Gasteiger partial charge in [-0.1, -0.05) is 37.1 Å². The molecule has 0 radical (unpaired) electrons. The van der Waals surface area contributed by atoms with Crippen molar-refractivity contribution in [3.63, 3.8) is 0 Å². The molecule has 0 aliphatic carbocycles.